The first-order chi connectivity index (χ1) is 5.52. The van der Waals surface area contributed by atoms with E-state index in [4.69, 9.17) is 29.7 Å². The second kappa shape index (κ2) is 3.11. The summed E-state index contributed by atoms with van der Waals surface area (Å²) in [4.78, 5) is 10.5. The van der Waals surface area contributed by atoms with Crippen LogP contribution in [-0.4, -0.2) is 11.1 Å². The Morgan fingerprint density at radius 1 is 1.45 bits per heavy atom. The number of rotatable bonds is 1. The molecule has 0 aromatic heterocycles. The third-order valence-corrected chi connectivity index (χ3v) is 1.45. The minimum absolute atomic E-state index is 0.0416. The Kier molecular flexibility index (Phi) is 1.97. The summed E-state index contributed by atoms with van der Waals surface area (Å²) in [7, 11) is 0. The zero-order chi connectivity index (χ0) is 9.30. The number of carboxylic acids is 1. The zero-order valence-corrected chi connectivity index (χ0v) is 6.78. The normalized spacial score (nSPS) is 10.9. The predicted octanol–water partition coefficient (Wildman–Crippen LogP) is 2.69. The molecule has 2 nitrogen and oxygen atoms in total. The van der Waals surface area contributed by atoms with E-state index in [2.05, 4.69) is 0 Å². The van der Waals surface area contributed by atoms with E-state index in [9.17, 15) is 4.79 Å². The van der Waals surface area contributed by atoms with Crippen molar-refractivity contribution >= 4 is 29.2 Å². The predicted molar refractivity (Wildman–Crippen MR) is 43.4 cm³/mol. The molecule has 0 aliphatic heterocycles. The molecular formula is C7H4Cl2O2. The van der Waals surface area contributed by atoms with Gasteiger partial charge in [0, 0.05) is 10.0 Å². The number of benzene rings is 1. The van der Waals surface area contributed by atoms with Crippen LogP contribution in [-0.2, 0) is 0 Å². The Balaban J connectivity index is 3.37. The van der Waals surface area contributed by atoms with Gasteiger partial charge in [-0.15, -0.1) is 0 Å². The molecule has 0 amide bonds. The molecule has 0 spiro atoms. The van der Waals surface area contributed by atoms with E-state index in [1.54, 1.807) is 0 Å². The van der Waals surface area contributed by atoms with E-state index < -0.39 is 5.97 Å². The monoisotopic (exact) mass is 191 g/mol. The van der Waals surface area contributed by atoms with Crippen LogP contribution in [0.15, 0.2) is 18.2 Å². The van der Waals surface area contributed by atoms with E-state index in [0.29, 0.717) is 0 Å². The summed E-state index contributed by atoms with van der Waals surface area (Å²) in [6, 6.07) is 2.31. The van der Waals surface area contributed by atoms with E-state index in [-0.39, 0.29) is 21.7 Å². The van der Waals surface area contributed by atoms with Gasteiger partial charge in [-0.05, 0) is 18.2 Å². The summed E-state index contributed by atoms with van der Waals surface area (Å²) >= 11 is 11.1. The van der Waals surface area contributed by atoms with E-state index >= 15 is 0 Å². The molecule has 1 rings (SSSR count). The maximum atomic E-state index is 10.5. The highest BCUT2D eigenvalue weighted by Crippen LogP contribution is 2.18. The molecule has 1 aromatic rings. The lowest BCUT2D eigenvalue weighted by atomic mass is 10.2. The highest BCUT2D eigenvalue weighted by molar-refractivity contribution is 6.35. The van der Waals surface area contributed by atoms with Gasteiger partial charge in [0.05, 0.1) is 6.93 Å². The number of carbonyl (C=O) groups is 1. The summed E-state index contributed by atoms with van der Waals surface area (Å²) in [5.41, 5.74) is -0.187. The minimum Gasteiger partial charge on any atom is -0.478 e. The van der Waals surface area contributed by atoms with Gasteiger partial charge in [0.2, 0.25) is 0 Å². The summed E-state index contributed by atoms with van der Waals surface area (Å²) in [5, 5.41) is 8.83. The maximum absolute atomic E-state index is 10.5. The molecule has 0 atom stereocenters. The van der Waals surface area contributed by atoms with Gasteiger partial charge in [0.1, 0.15) is 0 Å². The molecule has 0 bridgehead atoms. The van der Waals surface area contributed by atoms with Crippen molar-refractivity contribution in [1.29, 1.82) is 0 Å². The smallest absolute Gasteiger partial charge is 0.335 e. The van der Waals surface area contributed by atoms with Crippen molar-refractivity contribution in [1.82, 2.24) is 0 Å². The Labute approximate surface area is 74.8 Å². The Bertz CT molecular complexity index is 338. The molecule has 0 aliphatic rings. The maximum Gasteiger partial charge on any atom is 0.335 e. The fourth-order valence-electron chi connectivity index (χ4n) is 0.617. The summed E-state index contributed by atoms with van der Waals surface area (Å²) in [5.74, 6) is -1.20. The molecule has 4 heteroatoms. The highest BCUT2D eigenvalue weighted by atomic mass is 35.5. The van der Waals surface area contributed by atoms with E-state index in [1.807, 2.05) is 0 Å². The van der Waals surface area contributed by atoms with Crippen molar-refractivity contribution in [2.75, 3.05) is 0 Å². The third-order valence-electron chi connectivity index (χ3n) is 1.03. The van der Waals surface area contributed by atoms with Crippen molar-refractivity contribution in [3.63, 3.8) is 0 Å². The van der Waals surface area contributed by atoms with Gasteiger partial charge >= 0.3 is 5.97 Å². The third kappa shape index (κ3) is 2.10. The fourth-order valence-corrected chi connectivity index (χ4v) is 1.11. The van der Waals surface area contributed by atoms with Crippen LogP contribution in [0.2, 0.25) is 10.0 Å². The minimum atomic E-state index is -1.20. The second-order valence-electron chi connectivity index (χ2n) is 1.87. The van der Waals surface area contributed by atoms with Crippen molar-refractivity contribution < 1.29 is 11.3 Å². The summed E-state index contributed by atoms with van der Waals surface area (Å²) in [6.07, 6.45) is 0. The molecule has 0 heterocycles. The number of hydrogen-bond donors (Lipinski definition) is 1. The van der Waals surface area contributed by atoms with Crippen molar-refractivity contribution in [2.24, 2.45) is 0 Å². The highest BCUT2D eigenvalue weighted by Gasteiger charge is 2.04. The van der Waals surface area contributed by atoms with Crippen LogP contribution in [0.3, 0.4) is 0 Å². The van der Waals surface area contributed by atoms with E-state index in [0.717, 1.165) is 0 Å². The molecule has 0 aliphatic carbocycles. The standard InChI is InChI=1S/C7H4Cl2O2/c8-5-1-4(7(10)11)2-6(9)3-5/h1-3H,(H,10,11)/i1D. The number of carboxylic acid groups (broad SMARTS) is 1. The largest absolute Gasteiger partial charge is 0.478 e. The Morgan fingerprint density at radius 2 is 2.09 bits per heavy atom. The van der Waals surface area contributed by atoms with Crippen LogP contribution >= 0.6 is 23.2 Å². The Hall–Kier alpha value is -0.730. The summed E-state index contributed by atoms with van der Waals surface area (Å²) in [6.45, 7) is 0. The topological polar surface area (TPSA) is 37.3 Å². The van der Waals surface area contributed by atoms with Crippen molar-refractivity contribution in [3.8, 4) is 0 Å². The Morgan fingerprint density at radius 3 is 2.64 bits per heavy atom. The second-order valence-corrected chi connectivity index (χ2v) is 2.71. The van der Waals surface area contributed by atoms with Gasteiger partial charge in [-0.1, -0.05) is 23.2 Å². The molecule has 0 saturated heterocycles. The van der Waals surface area contributed by atoms with Crippen molar-refractivity contribution in [2.45, 2.75) is 0 Å². The van der Waals surface area contributed by atoms with Gasteiger partial charge < -0.3 is 5.11 Å². The number of aromatic carboxylic acids is 1. The summed E-state index contributed by atoms with van der Waals surface area (Å²) < 4.78 is 7.25. The molecule has 0 saturated carbocycles. The zero-order valence-electron chi connectivity index (χ0n) is 6.27. The quantitative estimate of drug-likeness (QED) is 0.742. The van der Waals surface area contributed by atoms with Crippen LogP contribution in [0.1, 0.15) is 11.7 Å². The lowest BCUT2D eigenvalue weighted by molar-refractivity contribution is 0.0697. The van der Waals surface area contributed by atoms with Gasteiger partial charge in [-0.2, -0.15) is 0 Å². The molecule has 0 fully saturated rings. The molecule has 1 N–H and O–H groups in total. The first-order valence-corrected chi connectivity index (χ1v) is 3.47. The average molecular weight is 192 g/mol. The molecule has 0 unspecified atom stereocenters. The lowest BCUT2D eigenvalue weighted by Crippen LogP contribution is -1.95. The molecule has 0 radical (unpaired) electrons. The van der Waals surface area contributed by atoms with Crippen LogP contribution in [0.4, 0.5) is 0 Å². The van der Waals surface area contributed by atoms with Gasteiger partial charge in [-0.25, -0.2) is 4.79 Å². The first-order valence-electron chi connectivity index (χ1n) is 3.21. The van der Waals surface area contributed by atoms with E-state index in [1.165, 1.54) is 12.1 Å². The number of halogens is 2. The molecule has 58 valence electrons. The van der Waals surface area contributed by atoms with Crippen LogP contribution in [0, 0.1) is 0 Å². The lowest BCUT2D eigenvalue weighted by Gasteiger charge is -1.95. The van der Waals surface area contributed by atoms with Crippen LogP contribution in [0.25, 0.3) is 0 Å². The van der Waals surface area contributed by atoms with Crippen LogP contribution < -0.4 is 0 Å². The van der Waals surface area contributed by atoms with Crippen molar-refractivity contribution in [3.05, 3.63) is 33.8 Å². The average Bonchev–Trinajstić information content (AvgIpc) is 1.96. The van der Waals surface area contributed by atoms with Gasteiger partial charge in [-0.3, -0.25) is 0 Å². The number of hydrogen-bond acceptors (Lipinski definition) is 1. The molecule has 1 aromatic carbocycles. The SMILES string of the molecule is [2H]c1c(Cl)cc(Cl)cc1C(=O)O. The fraction of sp³-hybridized carbons (Fsp3) is 0. The molecule has 11 heavy (non-hydrogen) atoms. The van der Waals surface area contributed by atoms with Gasteiger partial charge in [0.15, 0.2) is 0 Å². The molecular weight excluding hydrogens is 187 g/mol. The first kappa shape index (κ1) is 6.95. The van der Waals surface area contributed by atoms with Crippen LogP contribution in [0.5, 0.6) is 0 Å². The van der Waals surface area contributed by atoms with Gasteiger partial charge in [0.25, 0.3) is 0 Å².